The van der Waals surface area contributed by atoms with E-state index in [9.17, 15) is 0 Å². The summed E-state index contributed by atoms with van der Waals surface area (Å²) in [7, 11) is 1.67. The Morgan fingerprint density at radius 3 is 2.45 bits per heavy atom. The Balaban J connectivity index is 1.81. The van der Waals surface area contributed by atoms with Gasteiger partial charge in [0, 0.05) is 5.54 Å². The Morgan fingerprint density at radius 2 is 1.85 bits per heavy atom. The zero-order valence-corrected chi connectivity index (χ0v) is 12.7. The third-order valence-corrected chi connectivity index (χ3v) is 4.60. The van der Waals surface area contributed by atoms with Gasteiger partial charge in [0.25, 0.3) is 0 Å². The lowest BCUT2D eigenvalue weighted by Gasteiger charge is -2.37. The minimum Gasteiger partial charge on any atom is -0.493 e. The summed E-state index contributed by atoms with van der Waals surface area (Å²) in [6.07, 6.45) is 6.99. The number of para-hydroxylation sites is 2. The first-order valence-corrected chi connectivity index (χ1v) is 7.71. The highest BCUT2D eigenvalue weighted by Crippen LogP contribution is 2.34. The summed E-state index contributed by atoms with van der Waals surface area (Å²) < 4.78 is 11.1. The molecule has 0 saturated heterocycles. The average molecular weight is 277 g/mol. The number of hydrogen-bond donors (Lipinski definition) is 1. The molecule has 1 aromatic carbocycles. The van der Waals surface area contributed by atoms with Crippen LogP contribution in [0.15, 0.2) is 24.3 Å². The average Bonchev–Trinajstić information content (AvgIpc) is 2.48. The third-order valence-electron chi connectivity index (χ3n) is 4.60. The normalized spacial score (nSPS) is 26.2. The molecule has 0 unspecified atom stereocenters. The predicted molar refractivity (Wildman–Crippen MR) is 82.3 cm³/mol. The molecule has 3 heteroatoms. The van der Waals surface area contributed by atoms with Gasteiger partial charge >= 0.3 is 0 Å². The van der Waals surface area contributed by atoms with Crippen LogP contribution in [0, 0.1) is 5.92 Å². The molecule has 1 aliphatic carbocycles. The quantitative estimate of drug-likeness (QED) is 0.861. The molecule has 112 valence electrons. The molecule has 2 rings (SSSR count). The summed E-state index contributed by atoms with van der Waals surface area (Å²) in [6.45, 7) is 2.94. The zero-order chi connectivity index (χ0) is 14.4. The van der Waals surface area contributed by atoms with E-state index in [2.05, 4.69) is 6.92 Å². The molecular formula is C17H27NO2. The van der Waals surface area contributed by atoms with E-state index in [0.29, 0.717) is 6.61 Å². The number of ether oxygens (including phenoxy) is 2. The van der Waals surface area contributed by atoms with Crippen LogP contribution in [0.1, 0.15) is 45.4 Å². The van der Waals surface area contributed by atoms with Crippen molar-refractivity contribution in [3.63, 3.8) is 0 Å². The van der Waals surface area contributed by atoms with E-state index in [-0.39, 0.29) is 5.54 Å². The SMILES string of the molecule is CCC1CCC(N)(CCOc2ccccc2OC)CC1. The Labute approximate surface area is 122 Å². The lowest BCUT2D eigenvalue weighted by atomic mass is 9.75. The summed E-state index contributed by atoms with van der Waals surface area (Å²) >= 11 is 0. The molecule has 0 aromatic heterocycles. The minimum absolute atomic E-state index is 0.0340. The highest BCUT2D eigenvalue weighted by Gasteiger charge is 2.30. The first kappa shape index (κ1) is 15.2. The summed E-state index contributed by atoms with van der Waals surface area (Å²) in [6, 6.07) is 7.76. The monoisotopic (exact) mass is 277 g/mol. The Morgan fingerprint density at radius 1 is 1.20 bits per heavy atom. The van der Waals surface area contributed by atoms with Crippen molar-refractivity contribution in [2.24, 2.45) is 11.7 Å². The molecule has 0 bridgehead atoms. The van der Waals surface area contributed by atoms with E-state index >= 15 is 0 Å². The number of nitrogens with two attached hydrogens (primary N) is 1. The van der Waals surface area contributed by atoms with Crippen molar-refractivity contribution in [1.29, 1.82) is 0 Å². The maximum absolute atomic E-state index is 6.50. The molecule has 0 aliphatic heterocycles. The number of methoxy groups -OCH3 is 1. The van der Waals surface area contributed by atoms with Crippen molar-refractivity contribution >= 4 is 0 Å². The highest BCUT2D eigenvalue weighted by atomic mass is 16.5. The van der Waals surface area contributed by atoms with E-state index in [0.717, 1.165) is 36.7 Å². The molecule has 0 spiro atoms. The summed E-state index contributed by atoms with van der Waals surface area (Å²) in [5.41, 5.74) is 6.47. The van der Waals surface area contributed by atoms with Crippen molar-refractivity contribution < 1.29 is 9.47 Å². The lowest BCUT2D eigenvalue weighted by molar-refractivity contribution is 0.180. The molecular weight excluding hydrogens is 250 g/mol. The van der Waals surface area contributed by atoms with E-state index < -0.39 is 0 Å². The Bertz CT molecular complexity index is 411. The van der Waals surface area contributed by atoms with E-state index in [4.69, 9.17) is 15.2 Å². The molecule has 0 atom stereocenters. The summed E-state index contributed by atoms with van der Waals surface area (Å²) in [5.74, 6) is 2.47. The summed E-state index contributed by atoms with van der Waals surface area (Å²) in [4.78, 5) is 0. The van der Waals surface area contributed by atoms with Crippen LogP contribution in [0.2, 0.25) is 0 Å². The molecule has 1 saturated carbocycles. The second-order valence-corrected chi connectivity index (χ2v) is 5.96. The van der Waals surface area contributed by atoms with Crippen LogP contribution < -0.4 is 15.2 Å². The van der Waals surface area contributed by atoms with Crippen LogP contribution in [-0.4, -0.2) is 19.3 Å². The highest BCUT2D eigenvalue weighted by molar-refractivity contribution is 5.39. The molecule has 2 N–H and O–H groups in total. The fourth-order valence-electron chi connectivity index (χ4n) is 3.01. The van der Waals surface area contributed by atoms with Gasteiger partial charge in [0.2, 0.25) is 0 Å². The van der Waals surface area contributed by atoms with Crippen LogP contribution in [0.4, 0.5) is 0 Å². The van der Waals surface area contributed by atoms with Gasteiger partial charge < -0.3 is 15.2 Å². The third kappa shape index (κ3) is 3.89. The molecule has 3 nitrogen and oxygen atoms in total. The molecule has 1 aliphatic rings. The fraction of sp³-hybridized carbons (Fsp3) is 0.647. The molecule has 1 fully saturated rings. The minimum atomic E-state index is -0.0340. The molecule has 0 radical (unpaired) electrons. The molecule has 20 heavy (non-hydrogen) atoms. The van der Waals surface area contributed by atoms with Crippen molar-refractivity contribution in [2.75, 3.05) is 13.7 Å². The Kier molecular flexibility index (Phi) is 5.30. The van der Waals surface area contributed by atoms with Gasteiger partial charge in [0.05, 0.1) is 13.7 Å². The van der Waals surface area contributed by atoms with Crippen molar-refractivity contribution in [3.8, 4) is 11.5 Å². The zero-order valence-electron chi connectivity index (χ0n) is 12.7. The van der Waals surface area contributed by atoms with Crippen LogP contribution >= 0.6 is 0 Å². The number of rotatable bonds is 6. The van der Waals surface area contributed by atoms with Gasteiger partial charge in [-0.05, 0) is 50.2 Å². The van der Waals surface area contributed by atoms with Crippen LogP contribution in [0.5, 0.6) is 11.5 Å². The lowest BCUT2D eigenvalue weighted by Crippen LogP contribution is -2.44. The fourth-order valence-corrected chi connectivity index (χ4v) is 3.01. The van der Waals surface area contributed by atoms with Gasteiger partial charge in [0.1, 0.15) is 0 Å². The van der Waals surface area contributed by atoms with Crippen LogP contribution in [0.3, 0.4) is 0 Å². The standard InChI is InChI=1S/C17H27NO2/c1-3-14-8-10-17(18,11-9-14)12-13-20-16-7-5-4-6-15(16)19-2/h4-7,14H,3,8-13,18H2,1-2H3. The largest absolute Gasteiger partial charge is 0.493 e. The topological polar surface area (TPSA) is 44.5 Å². The first-order valence-electron chi connectivity index (χ1n) is 7.71. The van der Waals surface area contributed by atoms with Gasteiger partial charge in [-0.25, -0.2) is 0 Å². The number of benzene rings is 1. The van der Waals surface area contributed by atoms with E-state index in [1.54, 1.807) is 7.11 Å². The Hall–Kier alpha value is -1.22. The first-order chi connectivity index (χ1) is 9.67. The van der Waals surface area contributed by atoms with Crippen LogP contribution in [0.25, 0.3) is 0 Å². The summed E-state index contributed by atoms with van der Waals surface area (Å²) in [5, 5.41) is 0. The van der Waals surface area contributed by atoms with E-state index in [1.165, 1.54) is 19.3 Å². The second kappa shape index (κ2) is 6.98. The van der Waals surface area contributed by atoms with Gasteiger partial charge in [0.15, 0.2) is 11.5 Å². The molecule has 0 amide bonds. The van der Waals surface area contributed by atoms with Crippen LogP contribution in [-0.2, 0) is 0 Å². The van der Waals surface area contributed by atoms with Gasteiger partial charge in [-0.3, -0.25) is 0 Å². The van der Waals surface area contributed by atoms with Gasteiger partial charge in [-0.1, -0.05) is 25.5 Å². The van der Waals surface area contributed by atoms with Crippen molar-refractivity contribution in [3.05, 3.63) is 24.3 Å². The van der Waals surface area contributed by atoms with Crippen molar-refractivity contribution in [1.82, 2.24) is 0 Å². The maximum atomic E-state index is 6.50. The molecule has 1 aromatic rings. The van der Waals surface area contributed by atoms with Crippen molar-refractivity contribution in [2.45, 2.75) is 51.0 Å². The number of hydrogen-bond acceptors (Lipinski definition) is 3. The van der Waals surface area contributed by atoms with Gasteiger partial charge in [-0.2, -0.15) is 0 Å². The van der Waals surface area contributed by atoms with E-state index in [1.807, 2.05) is 24.3 Å². The second-order valence-electron chi connectivity index (χ2n) is 5.96. The van der Waals surface area contributed by atoms with Gasteiger partial charge in [-0.15, -0.1) is 0 Å². The maximum Gasteiger partial charge on any atom is 0.161 e. The smallest absolute Gasteiger partial charge is 0.161 e. The predicted octanol–water partition coefficient (Wildman–Crippen LogP) is 3.76. The molecule has 0 heterocycles.